The minimum atomic E-state index is -4.68. The number of ketones is 1. The van der Waals surface area contributed by atoms with Crippen molar-refractivity contribution in [3.63, 3.8) is 0 Å². The van der Waals surface area contributed by atoms with Crippen molar-refractivity contribution in [1.82, 2.24) is 4.98 Å². The molecule has 0 radical (unpaired) electrons. The smallest absolute Gasteiger partial charge is 0.383 e. The van der Waals surface area contributed by atoms with Crippen LogP contribution in [0.15, 0.2) is 53.6 Å². The van der Waals surface area contributed by atoms with Gasteiger partial charge in [-0.3, -0.25) is 4.79 Å². The summed E-state index contributed by atoms with van der Waals surface area (Å²) < 4.78 is 39.7. The van der Waals surface area contributed by atoms with E-state index < -0.39 is 28.8 Å². The Morgan fingerprint density at radius 2 is 1.69 bits per heavy atom. The van der Waals surface area contributed by atoms with E-state index in [-0.39, 0.29) is 27.5 Å². The monoisotopic (exact) mass is 452 g/mol. The summed E-state index contributed by atoms with van der Waals surface area (Å²) in [6.07, 6.45) is -4.68. The van der Waals surface area contributed by atoms with Crippen molar-refractivity contribution in [2.24, 2.45) is 0 Å². The zero-order valence-electron chi connectivity index (χ0n) is 16.7. The topological polar surface area (TPSA) is 104 Å². The Balaban J connectivity index is 2.02. The highest BCUT2D eigenvalue weighted by molar-refractivity contribution is 8.00. The van der Waals surface area contributed by atoms with Gasteiger partial charge in [-0.2, -0.15) is 23.7 Å². The number of aryl methyl sites for hydroxylation is 1. The van der Waals surface area contributed by atoms with Gasteiger partial charge in [0.05, 0.1) is 16.9 Å². The lowest BCUT2D eigenvalue weighted by Crippen LogP contribution is -2.14. The largest absolute Gasteiger partial charge is 0.417 e. The lowest BCUT2D eigenvalue weighted by Gasteiger charge is -2.14. The molecule has 5 nitrogen and oxygen atoms in total. The van der Waals surface area contributed by atoms with Crippen LogP contribution in [-0.2, 0) is 6.18 Å². The number of nitrogen functional groups attached to an aromatic ring is 1. The molecule has 1 heterocycles. The van der Waals surface area contributed by atoms with Crippen LogP contribution in [0.5, 0.6) is 0 Å². The predicted molar refractivity (Wildman–Crippen MR) is 115 cm³/mol. The Kier molecular flexibility index (Phi) is 6.52. The summed E-state index contributed by atoms with van der Waals surface area (Å²) >= 11 is 0.799. The Morgan fingerprint density at radius 1 is 1.06 bits per heavy atom. The van der Waals surface area contributed by atoms with E-state index in [0.717, 1.165) is 29.5 Å². The number of anilines is 1. The van der Waals surface area contributed by atoms with Crippen molar-refractivity contribution in [2.45, 2.75) is 18.1 Å². The number of hydrogen-bond acceptors (Lipinski definition) is 6. The molecule has 160 valence electrons. The van der Waals surface area contributed by atoms with E-state index in [1.807, 2.05) is 19.1 Å². The quantitative estimate of drug-likeness (QED) is 0.412. The first-order chi connectivity index (χ1) is 15.2. The number of thioether (sulfide) groups is 1. The number of halogens is 3. The molecule has 0 aliphatic carbocycles. The summed E-state index contributed by atoms with van der Waals surface area (Å²) in [5.41, 5.74) is 6.29. The average molecular weight is 452 g/mol. The minimum absolute atomic E-state index is 0.0171. The fourth-order valence-corrected chi connectivity index (χ4v) is 3.97. The summed E-state index contributed by atoms with van der Waals surface area (Å²) in [5.74, 6) is -1.30. The van der Waals surface area contributed by atoms with Gasteiger partial charge >= 0.3 is 6.18 Å². The van der Waals surface area contributed by atoms with Crippen molar-refractivity contribution in [3.05, 3.63) is 76.3 Å². The van der Waals surface area contributed by atoms with Crippen LogP contribution in [0.25, 0.3) is 11.1 Å². The van der Waals surface area contributed by atoms with Crippen molar-refractivity contribution in [1.29, 1.82) is 10.5 Å². The summed E-state index contributed by atoms with van der Waals surface area (Å²) in [6, 6.07) is 15.5. The molecule has 1 aromatic heterocycles. The van der Waals surface area contributed by atoms with Crippen molar-refractivity contribution < 1.29 is 18.0 Å². The third kappa shape index (κ3) is 4.58. The summed E-state index contributed by atoms with van der Waals surface area (Å²) in [5, 5.41) is 19.4. The number of carbonyl (C=O) groups excluding carboxylic acids is 1. The van der Waals surface area contributed by atoms with Crippen molar-refractivity contribution in [3.8, 4) is 23.3 Å². The first kappa shape index (κ1) is 22.9. The summed E-state index contributed by atoms with van der Waals surface area (Å²) in [7, 11) is 0. The number of nitriles is 2. The van der Waals surface area contributed by atoms with Gasteiger partial charge in [0.25, 0.3) is 0 Å². The van der Waals surface area contributed by atoms with Crippen LogP contribution in [0.4, 0.5) is 19.0 Å². The van der Waals surface area contributed by atoms with E-state index in [1.165, 1.54) is 12.1 Å². The number of pyridine rings is 1. The lowest BCUT2D eigenvalue weighted by molar-refractivity contribution is -0.137. The fraction of sp³-hybridized carbons (Fsp3) is 0.130. The van der Waals surface area contributed by atoms with E-state index in [4.69, 9.17) is 5.73 Å². The van der Waals surface area contributed by atoms with Gasteiger partial charge in [-0.05, 0) is 18.6 Å². The maximum absolute atomic E-state index is 13.2. The first-order valence-electron chi connectivity index (χ1n) is 9.20. The molecule has 0 bridgehead atoms. The molecular weight excluding hydrogens is 437 g/mol. The number of alkyl halides is 3. The molecule has 9 heteroatoms. The van der Waals surface area contributed by atoms with E-state index >= 15 is 0 Å². The molecular formula is C23H15F3N4OS. The molecule has 0 atom stereocenters. The van der Waals surface area contributed by atoms with Crippen LogP contribution in [0.3, 0.4) is 0 Å². The standard InChI is InChI=1S/C23H15F3N4OS/c1-13-6-8-14(9-7-13)20-16(10-27)21(29)30-22(17(20)11-28)32-12-19(31)15-4-2-3-5-18(15)23(24,25)26/h2-9H,12H2,1H3,(H2,29,30). The average Bonchev–Trinajstić information content (AvgIpc) is 2.77. The Morgan fingerprint density at radius 3 is 2.28 bits per heavy atom. The second kappa shape index (κ2) is 9.13. The van der Waals surface area contributed by atoms with Gasteiger partial charge < -0.3 is 5.73 Å². The Hall–Kier alpha value is -3.82. The van der Waals surface area contributed by atoms with Crippen LogP contribution in [-0.4, -0.2) is 16.5 Å². The number of nitrogens with zero attached hydrogens (tertiary/aromatic N) is 3. The second-order valence-electron chi connectivity index (χ2n) is 6.77. The number of hydrogen-bond donors (Lipinski definition) is 1. The summed E-state index contributed by atoms with van der Waals surface area (Å²) in [4.78, 5) is 16.6. The Labute approximate surface area is 186 Å². The van der Waals surface area contributed by atoms with Crippen LogP contribution in [0.1, 0.15) is 32.6 Å². The number of nitrogens with two attached hydrogens (primary N) is 1. The first-order valence-corrected chi connectivity index (χ1v) is 10.2. The highest BCUT2D eigenvalue weighted by Gasteiger charge is 2.34. The molecule has 2 N–H and O–H groups in total. The molecule has 2 aromatic carbocycles. The fourth-order valence-electron chi connectivity index (χ4n) is 3.10. The molecule has 0 spiro atoms. The predicted octanol–water partition coefficient (Wildman–Crippen LogP) is 5.38. The number of benzene rings is 2. The SMILES string of the molecule is Cc1ccc(-c2c(C#N)c(N)nc(SCC(=O)c3ccccc3C(F)(F)F)c2C#N)cc1. The van der Waals surface area contributed by atoms with Crippen molar-refractivity contribution >= 4 is 23.4 Å². The molecule has 3 aromatic rings. The maximum Gasteiger partial charge on any atom is 0.417 e. The van der Waals surface area contributed by atoms with E-state index in [9.17, 15) is 28.5 Å². The van der Waals surface area contributed by atoms with E-state index in [2.05, 4.69) is 4.98 Å². The number of Topliss-reactive ketones (excluding diaryl/α,β-unsaturated/α-hetero) is 1. The van der Waals surface area contributed by atoms with Gasteiger partial charge in [-0.25, -0.2) is 4.98 Å². The zero-order valence-corrected chi connectivity index (χ0v) is 17.5. The molecule has 0 fully saturated rings. The third-order valence-electron chi connectivity index (χ3n) is 4.63. The molecule has 0 saturated heterocycles. The van der Waals surface area contributed by atoms with Gasteiger partial charge in [-0.1, -0.05) is 59.8 Å². The number of carbonyl (C=O) groups is 1. The molecule has 0 saturated carbocycles. The summed E-state index contributed by atoms with van der Waals surface area (Å²) in [6.45, 7) is 1.88. The van der Waals surface area contributed by atoms with E-state index in [0.29, 0.717) is 5.56 Å². The van der Waals surface area contributed by atoms with Gasteiger partial charge in [0.2, 0.25) is 0 Å². The third-order valence-corrected chi connectivity index (χ3v) is 5.60. The number of rotatable bonds is 5. The second-order valence-corrected chi connectivity index (χ2v) is 7.74. The molecule has 32 heavy (non-hydrogen) atoms. The molecule has 0 amide bonds. The zero-order chi connectivity index (χ0) is 23.5. The van der Waals surface area contributed by atoms with Crippen LogP contribution < -0.4 is 5.73 Å². The Bertz CT molecular complexity index is 1270. The molecule has 0 unspecified atom stereocenters. The normalized spacial score (nSPS) is 10.9. The maximum atomic E-state index is 13.2. The van der Waals surface area contributed by atoms with Crippen LogP contribution >= 0.6 is 11.8 Å². The van der Waals surface area contributed by atoms with E-state index in [1.54, 1.807) is 24.3 Å². The molecule has 3 rings (SSSR count). The van der Waals surface area contributed by atoms with Crippen LogP contribution in [0.2, 0.25) is 0 Å². The lowest BCUT2D eigenvalue weighted by atomic mass is 9.96. The highest BCUT2D eigenvalue weighted by atomic mass is 32.2. The van der Waals surface area contributed by atoms with Crippen LogP contribution in [0, 0.1) is 29.6 Å². The van der Waals surface area contributed by atoms with Gasteiger partial charge in [0, 0.05) is 11.1 Å². The number of aromatic nitrogens is 1. The van der Waals surface area contributed by atoms with Gasteiger partial charge in [0.15, 0.2) is 5.78 Å². The van der Waals surface area contributed by atoms with Crippen molar-refractivity contribution in [2.75, 3.05) is 11.5 Å². The minimum Gasteiger partial charge on any atom is -0.383 e. The molecule has 0 aliphatic heterocycles. The highest BCUT2D eigenvalue weighted by Crippen LogP contribution is 2.37. The van der Waals surface area contributed by atoms with Gasteiger partial charge in [-0.15, -0.1) is 0 Å². The molecule has 0 aliphatic rings. The van der Waals surface area contributed by atoms with Gasteiger partial charge in [0.1, 0.15) is 28.5 Å².